The molecular formula is C10H19N. The highest BCUT2D eigenvalue weighted by Crippen LogP contribution is 2.43. The molecule has 2 rings (SSSR count). The van der Waals surface area contributed by atoms with Crippen molar-refractivity contribution in [3.63, 3.8) is 0 Å². The normalized spacial score (nSPS) is 43.4. The minimum absolute atomic E-state index is 0.934. The van der Waals surface area contributed by atoms with Crippen LogP contribution >= 0.6 is 0 Å². The molecule has 0 aromatic rings. The summed E-state index contributed by atoms with van der Waals surface area (Å²) in [4.78, 5) is 2.46. The first kappa shape index (κ1) is 7.60. The van der Waals surface area contributed by atoms with Crippen molar-refractivity contribution >= 4 is 0 Å². The van der Waals surface area contributed by atoms with Crippen molar-refractivity contribution in [2.24, 2.45) is 11.8 Å². The number of hydrogen-bond donors (Lipinski definition) is 0. The van der Waals surface area contributed by atoms with Gasteiger partial charge in [0.2, 0.25) is 0 Å². The van der Waals surface area contributed by atoms with Crippen molar-refractivity contribution in [2.45, 2.75) is 38.1 Å². The van der Waals surface area contributed by atoms with Crippen LogP contribution < -0.4 is 0 Å². The van der Waals surface area contributed by atoms with Gasteiger partial charge in [-0.1, -0.05) is 6.42 Å². The molecule has 2 atom stereocenters. The highest BCUT2D eigenvalue weighted by atomic mass is 15.1. The zero-order chi connectivity index (χ0) is 7.84. The lowest BCUT2D eigenvalue weighted by atomic mass is 9.83. The summed E-state index contributed by atoms with van der Waals surface area (Å²) < 4.78 is 0. The van der Waals surface area contributed by atoms with E-state index in [4.69, 9.17) is 0 Å². The van der Waals surface area contributed by atoms with Crippen molar-refractivity contribution < 1.29 is 0 Å². The second-order valence-electron chi connectivity index (χ2n) is 4.48. The van der Waals surface area contributed by atoms with Gasteiger partial charge in [0.1, 0.15) is 0 Å². The predicted molar refractivity (Wildman–Crippen MR) is 47.5 cm³/mol. The minimum Gasteiger partial charge on any atom is -0.306 e. The maximum absolute atomic E-state index is 2.46. The van der Waals surface area contributed by atoms with Crippen LogP contribution in [0.2, 0.25) is 0 Å². The van der Waals surface area contributed by atoms with Gasteiger partial charge in [-0.2, -0.15) is 0 Å². The number of rotatable bonds is 1. The molecule has 2 saturated carbocycles. The predicted octanol–water partition coefficient (Wildman–Crippen LogP) is 2.13. The number of nitrogens with zero attached hydrogens (tertiary/aromatic N) is 1. The molecule has 0 aromatic heterocycles. The molecule has 0 N–H and O–H groups in total. The molecular weight excluding hydrogens is 134 g/mol. The third kappa shape index (κ3) is 1.20. The van der Waals surface area contributed by atoms with E-state index in [2.05, 4.69) is 19.0 Å². The Labute approximate surface area is 69.8 Å². The number of fused-ring (bicyclic) bond motifs is 2. The summed E-state index contributed by atoms with van der Waals surface area (Å²) >= 11 is 0. The standard InChI is InChI=1S/C10H19N/c1-11(2)10-8-4-3-5-9(10)7-6-8/h8-10H,3-7H2,1-2H3. The molecule has 2 fully saturated rings. The molecule has 0 aromatic carbocycles. The topological polar surface area (TPSA) is 3.24 Å². The molecule has 0 radical (unpaired) electrons. The minimum atomic E-state index is 0.934. The SMILES string of the molecule is CN(C)C1C2CCCC1CC2. The van der Waals surface area contributed by atoms with Crippen LogP contribution in [0.4, 0.5) is 0 Å². The zero-order valence-electron chi connectivity index (χ0n) is 7.71. The summed E-state index contributed by atoms with van der Waals surface area (Å²) in [5.41, 5.74) is 0. The summed E-state index contributed by atoms with van der Waals surface area (Å²) in [5, 5.41) is 0. The first-order chi connectivity index (χ1) is 5.29. The molecule has 2 aliphatic carbocycles. The van der Waals surface area contributed by atoms with E-state index in [0.29, 0.717) is 0 Å². The van der Waals surface area contributed by atoms with E-state index < -0.39 is 0 Å². The van der Waals surface area contributed by atoms with Crippen LogP contribution in [0.15, 0.2) is 0 Å². The molecule has 2 bridgehead atoms. The maximum atomic E-state index is 2.46. The van der Waals surface area contributed by atoms with E-state index in [0.717, 1.165) is 17.9 Å². The molecule has 0 saturated heterocycles. The van der Waals surface area contributed by atoms with E-state index >= 15 is 0 Å². The Hall–Kier alpha value is -0.0400. The maximum Gasteiger partial charge on any atom is 0.0146 e. The van der Waals surface area contributed by atoms with Gasteiger partial charge >= 0.3 is 0 Å². The molecule has 1 heteroatoms. The van der Waals surface area contributed by atoms with Crippen LogP contribution in [0, 0.1) is 11.8 Å². The third-order valence-corrected chi connectivity index (χ3v) is 3.62. The average molecular weight is 153 g/mol. The number of hydrogen-bond acceptors (Lipinski definition) is 1. The Kier molecular flexibility index (Phi) is 1.92. The lowest BCUT2D eigenvalue weighted by Gasteiger charge is -2.35. The van der Waals surface area contributed by atoms with Gasteiger partial charge in [-0.25, -0.2) is 0 Å². The van der Waals surface area contributed by atoms with Gasteiger partial charge < -0.3 is 4.90 Å². The van der Waals surface area contributed by atoms with Crippen molar-refractivity contribution in [2.75, 3.05) is 14.1 Å². The van der Waals surface area contributed by atoms with Crippen LogP contribution in [0.25, 0.3) is 0 Å². The second-order valence-corrected chi connectivity index (χ2v) is 4.48. The smallest absolute Gasteiger partial charge is 0.0146 e. The Bertz CT molecular complexity index is 126. The lowest BCUT2D eigenvalue weighted by molar-refractivity contribution is 0.147. The molecule has 2 aliphatic rings. The quantitative estimate of drug-likeness (QED) is 0.558. The van der Waals surface area contributed by atoms with E-state index in [1.54, 1.807) is 0 Å². The van der Waals surface area contributed by atoms with Gasteiger partial charge in [-0.05, 0) is 51.6 Å². The molecule has 0 heterocycles. The molecule has 0 spiro atoms. The first-order valence-corrected chi connectivity index (χ1v) is 4.95. The average Bonchev–Trinajstić information content (AvgIpc) is 2.23. The second kappa shape index (κ2) is 2.78. The Morgan fingerprint density at radius 1 is 0.909 bits per heavy atom. The summed E-state index contributed by atoms with van der Waals surface area (Å²) in [6.07, 6.45) is 7.51. The summed E-state index contributed by atoms with van der Waals surface area (Å²) in [6.45, 7) is 0. The van der Waals surface area contributed by atoms with E-state index in [1.807, 2.05) is 0 Å². The third-order valence-electron chi connectivity index (χ3n) is 3.62. The summed E-state index contributed by atoms with van der Waals surface area (Å²) in [7, 11) is 4.50. The van der Waals surface area contributed by atoms with Crippen LogP contribution in [0.1, 0.15) is 32.1 Å². The first-order valence-electron chi connectivity index (χ1n) is 4.95. The van der Waals surface area contributed by atoms with Gasteiger partial charge in [0, 0.05) is 6.04 Å². The molecule has 2 unspecified atom stereocenters. The van der Waals surface area contributed by atoms with E-state index in [-0.39, 0.29) is 0 Å². The molecule has 64 valence electrons. The van der Waals surface area contributed by atoms with Crippen molar-refractivity contribution in [1.82, 2.24) is 4.90 Å². The Balaban J connectivity index is 2.09. The van der Waals surface area contributed by atoms with Gasteiger partial charge in [0.05, 0.1) is 0 Å². The van der Waals surface area contributed by atoms with Gasteiger partial charge in [0.25, 0.3) is 0 Å². The van der Waals surface area contributed by atoms with Crippen molar-refractivity contribution in [3.8, 4) is 0 Å². The van der Waals surface area contributed by atoms with Crippen LogP contribution in [-0.2, 0) is 0 Å². The molecule has 11 heavy (non-hydrogen) atoms. The monoisotopic (exact) mass is 153 g/mol. The van der Waals surface area contributed by atoms with Crippen molar-refractivity contribution in [1.29, 1.82) is 0 Å². The Morgan fingerprint density at radius 3 is 1.82 bits per heavy atom. The van der Waals surface area contributed by atoms with E-state index in [1.165, 1.54) is 32.1 Å². The molecule has 0 aliphatic heterocycles. The summed E-state index contributed by atoms with van der Waals surface area (Å²) in [5.74, 6) is 2.09. The largest absolute Gasteiger partial charge is 0.306 e. The summed E-state index contributed by atoms with van der Waals surface area (Å²) in [6, 6.07) is 0.934. The fourth-order valence-corrected chi connectivity index (χ4v) is 3.27. The van der Waals surface area contributed by atoms with Crippen molar-refractivity contribution in [3.05, 3.63) is 0 Å². The van der Waals surface area contributed by atoms with E-state index in [9.17, 15) is 0 Å². The lowest BCUT2D eigenvalue weighted by Crippen LogP contribution is -2.38. The molecule has 1 nitrogen and oxygen atoms in total. The Morgan fingerprint density at radius 2 is 1.45 bits per heavy atom. The van der Waals surface area contributed by atoms with Gasteiger partial charge in [-0.15, -0.1) is 0 Å². The highest BCUT2D eigenvalue weighted by Gasteiger charge is 2.39. The fourth-order valence-electron chi connectivity index (χ4n) is 3.27. The van der Waals surface area contributed by atoms with Crippen LogP contribution in [0.3, 0.4) is 0 Å². The fraction of sp³-hybridized carbons (Fsp3) is 1.00. The zero-order valence-corrected chi connectivity index (χ0v) is 7.71. The van der Waals surface area contributed by atoms with Crippen LogP contribution in [0.5, 0.6) is 0 Å². The van der Waals surface area contributed by atoms with Gasteiger partial charge in [0.15, 0.2) is 0 Å². The highest BCUT2D eigenvalue weighted by molar-refractivity contribution is 4.93. The van der Waals surface area contributed by atoms with Crippen LogP contribution in [-0.4, -0.2) is 25.0 Å². The van der Waals surface area contributed by atoms with Gasteiger partial charge in [-0.3, -0.25) is 0 Å². The molecule has 0 amide bonds.